The Kier molecular flexibility index (Phi) is 6.31. The Labute approximate surface area is 250 Å². The van der Waals surface area contributed by atoms with E-state index < -0.39 is 7.92 Å². The molecule has 0 fully saturated rings. The number of hydrogen-bond acceptors (Lipinski definition) is 4. The molecular weight excluding hydrogens is 551 g/mol. The molecule has 2 heterocycles. The van der Waals surface area contributed by atoms with Crippen molar-refractivity contribution in [2.75, 3.05) is 14.2 Å². The monoisotopic (exact) mass is 579 g/mol. The second-order valence-electron chi connectivity index (χ2n) is 10.6. The highest BCUT2D eigenvalue weighted by Crippen LogP contribution is 2.57. The van der Waals surface area contributed by atoms with Crippen LogP contribution in [0.25, 0.3) is 49.5 Å². The summed E-state index contributed by atoms with van der Waals surface area (Å²) in [6, 6.07) is 38.0. The normalized spacial score (nSPS) is 14.1. The Bertz CT molecular complexity index is 2100. The average molecular weight is 580 g/mol. The highest BCUT2D eigenvalue weighted by Gasteiger charge is 2.34. The summed E-state index contributed by atoms with van der Waals surface area (Å²) in [6.07, 6.45) is 5.08. The van der Waals surface area contributed by atoms with Gasteiger partial charge in [-0.15, -0.1) is 0 Å². The molecule has 5 aromatic carbocycles. The fourth-order valence-electron chi connectivity index (χ4n) is 6.28. The number of para-hydroxylation sites is 3. The fourth-order valence-corrected chi connectivity index (χ4v) is 8.91. The Morgan fingerprint density at radius 2 is 1.14 bits per heavy atom. The Balaban J connectivity index is 1.39. The van der Waals surface area contributed by atoms with Crippen molar-refractivity contribution in [2.24, 2.45) is 0 Å². The van der Waals surface area contributed by atoms with Crippen LogP contribution in [0.5, 0.6) is 5.75 Å². The summed E-state index contributed by atoms with van der Waals surface area (Å²) in [5.41, 5.74) is 6.99. The molecule has 0 N–H and O–H groups in total. The lowest BCUT2D eigenvalue weighted by Gasteiger charge is -2.33. The smallest absolute Gasteiger partial charge is 0.135 e. The maximum absolute atomic E-state index is 6.22. The van der Waals surface area contributed by atoms with Gasteiger partial charge in [0.1, 0.15) is 33.8 Å². The van der Waals surface area contributed by atoms with E-state index in [1.54, 1.807) is 14.2 Å². The fraction of sp³-hybridized carbons (Fsp3) is 0.0789. The van der Waals surface area contributed by atoms with Crippen molar-refractivity contribution in [3.63, 3.8) is 0 Å². The van der Waals surface area contributed by atoms with Gasteiger partial charge in [-0.3, -0.25) is 0 Å². The number of furan rings is 2. The number of benzene rings is 5. The molecule has 0 spiro atoms. The predicted octanol–water partition coefficient (Wildman–Crippen LogP) is 9.48. The van der Waals surface area contributed by atoms with Crippen LogP contribution >= 0.6 is 7.92 Å². The number of hydrogen-bond donors (Lipinski definition) is 0. The van der Waals surface area contributed by atoms with Gasteiger partial charge in [-0.1, -0.05) is 72.8 Å². The molecule has 7 aromatic rings. The zero-order valence-corrected chi connectivity index (χ0v) is 24.7. The standard InChI is InChI=1S/C38H28O4P/c1-39-31-13-6-5-12-28(31)38-36(40-2)16-9-17-37(38)43(24-18-20-34-29(22-24)26-10-3-7-14-32(26)41-34)25-19-21-35-30(23-25)27-11-4-8-15-33(27)42-35/h3-16,18-23H,17H2,1-2H3. The summed E-state index contributed by atoms with van der Waals surface area (Å²) in [5, 5.41) is 6.98. The third kappa shape index (κ3) is 4.25. The second-order valence-corrected chi connectivity index (χ2v) is 12.8. The lowest BCUT2D eigenvalue weighted by molar-refractivity contribution is 0.307. The van der Waals surface area contributed by atoms with Gasteiger partial charge in [0.25, 0.3) is 0 Å². The topological polar surface area (TPSA) is 44.7 Å². The number of fused-ring (bicyclic) bond motifs is 6. The molecule has 8 rings (SSSR count). The molecule has 1 radical (unpaired) electrons. The molecule has 0 saturated carbocycles. The van der Waals surface area contributed by atoms with E-state index in [1.807, 2.05) is 36.4 Å². The van der Waals surface area contributed by atoms with Crippen molar-refractivity contribution in [3.05, 3.63) is 138 Å². The molecule has 209 valence electrons. The third-order valence-electron chi connectivity index (χ3n) is 8.22. The largest absolute Gasteiger partial charge is 0.496 e. The van der Waals surface area contributed by atoms with Gasteiger partial charge in [0.05, 0.1) is 14.2 Å². The first-order valence-electron chi connectivity index (χ1n) is 14.3. The van der Waals surface area contributed by atoms with Gasteiger partial charge >= 0.3 is 0 Å². The Morgan fingerprint density at radius 1 is 0.581 bits per heavy atom. The molecule has 2 aromatic heterocycles. The Morgan fingerprint density at radius 3 is 1.74 bits per heavy atom. The van der Waals surface area contributed by atoms with Gasteiger partial charge in [-0.2, -0.15) is 0 Å². The number of rotatable bonds is 6. The van der Waals surface area contributed by atoms with Gasteiger partial charge in [-0.05, 0) is 73.5 Å². The van der Waals surface area contributed by atoms with Gasteiger partial charge < -0.3 is 18.3 Å². The van der Waals surface area contributed by atoms with Crippen LogP contribution in [0.4, 0.5) is 0 Å². The molecule has 1 aliphatic rings. The first-order valence-corrected chi connectivity index (χ1v) is 15.6. The van der Waals surface area contributed by atoms with Gasteiger partial charge in [0, 0.05) is 38.3 Å². The minimum atomic E-state index is -1.01. The van der Waals surface area contributed by atoms with Crippen molar-refractivity contribution >= 4 is 68.0 Å². The molecule has 4 nitrogen and oxygen atoms in total. The van der Waals surface area contributed by atoms with Crippen LogP contribution in [0.3, 0.4) is 0 Å². The minimum absolute atomic E-state index is 0.792. The Hall–Kier alpha value is -4.79. The van der Waals surface area contributed by atoms with Crippen LogP contribution in [-0.2, 0) is 4.74 Å². The maximum atomic E-state index is 6.22. The van der Waals surface area contributed by atoms with Crippen LogP contribution in [0.15, 0.2) is 136 Å². The molecular formula is C38H28O4P. The summed E-state index contributed by atoms with van der Waals surface area (Å²) in [4.78, 5) is 0. The maximum Gasteiger partial charge on any atom is 0.135 e. The number of allylic oxidation sites excluding steroid dienone is 3. The summed E-state index contributed by atoms with van der Waals surface area (Å²) in [6.45, 7) is 0. The van der Waals surface area contributed by atoms with Crippen LogP contribution < -0.4 is 15.3 Å². The molecule has 1 aliphatic carbocycles. The van der Waals surface area contributed by atoms with E-state index in [9.17, 15) is 0 Å². The van der Waals surface area contributed by atoms with Gasteiger partial charge in [0.15, 0.2) is 0 Å². The van der Waals surface area contributed by atoms with E-state index in [2.05, 4.69) is 84.9 Å². The highest BCUT2D eigenvalue weighted by molar-refractivity contribution is 7.76. The summed E-state index contributed by atoms with van der Waals surface area (Å²) in [7, 11) is 2.46. The van der Waals surface area contributed by atoms with E-state index in [0.717, 1.165) is 72.9 Å². The SMILES string of the molecule is COC1=C(c2ccccc2OC)[C](P(c2ccc3oc4ccccc4c3c2)c2ccc3oc4ccccc4c3c2)CC=C1. The summed E-state index contributed by atoms with van der Waals surface area (Å²) >= 11 is 0. The first-order chi connectivity index (χ1) is 21.2. The molecule has 0 unspecified atom stereocenters. The van der Waals surface area contributed by atoms with E-state index in [0.29, 0.717) is 0 Å². The third-order valence-corrected chi connectivity index (χ3v) is 10.8. The molecule has 0 bridgehead atoms. The van der Waals surface area contributed by atoms with Gasteiger partial charge in [0.2, 0.25) is 0 Å². The number of methoxy groups -OCH3 is 2. The highest BCUT2D eigenvalue weighted by atomic mass is 31.1. The second kappa shape index (κ2) is 10.5. The van der Waals surface area contributed by atoms with Gasteiger partial charge in [-0.25, -0.2) is 0 Å². The van der Waals surface area contributed by atoms with Crippen LogP contribution in [0.2, 0.25) is 0 Å². The van der Waals surface area contributed by atoms with Crippen LogP contribution in [0.1, 0.15) is 12.0 Å². The zero-order valence-electron chi connectivity index (χ0n) is 23.8. The van der Waals surface area contributed by atoms with Crippen molar-refractivity contribution in [1.82, 2.24) is 0 Å². The quantitative estimate of drug-likeness (QED) is 0.184. The molecule has 5 heteroatoms. The molecule has 0 aliphatic heterocycles. The first kappa shape index (κ1) is 25.9. The summed E-state index contributed by atoms with van der Waals surface area (Å²) < 4.78 is 24.4. The average Bonchev–Trinajstić information content (AvgIpc) is 3.62. The molecule has 43 heavy (non-hydrogen) atoms. The molecule has 0 amide bonds. The minimum Gasteiger partial charge on any atom is -0.496 e. The lowest BCUT2D eigenvalue weighted by atomic mass is 9.94. The van der Waals surface area contributed by atoms with E-state index >= 15 is 0 Å². The summed E-state index contributed by atoms with van der Waals surface area (Å²) in [5.74, 6) is 1.66. The van der Waals surface area contributed by atoms with E-state index in [-0.39, 0.29) is 0 Å². The number of ether oxygens (including phenoxy) is 2. The molecule has 0 saturated heterocycles. The van der Waals surface area contributed by atoms with Crippen molar-refractivity contribution < 1.29 is 18.3 Å². The van der Waals surface area contributed by atoms with Crippen LogP contribution in [0, 0.1) is 5.66 Å². The zero-order chi connectivity index (χ0) is 28.9. The van der Waals surface area contributed by atoms with Crippen LogP contribution in [-0.4, -0.2) is 14.2 Å². The van der Waals surface area contributed by atoms with E-state index in [1.165, 1.54) is 16.3 Å². The lowest BCUT2D eigenvalue weighted by Crippen LogP contribution is -2.20. The predicted molar refractivity (Wildman–Crippen MR) is 178 cm³/mol. The van der Waals surface area contributed by atoms with Crippen molar-refractivity contribution in [3.8, 4) is 5.75 Å². The van der Waals surface area contributed by atoms with Crippen molar-refractivity contribution in [2.45, 2.75) is 6.42 Å². The molecule has 0 atom stereocenters. The van der Waals surface area contributed by atoms with Crippen molar-refractivity contribution in [1.29, 1.82) is 0 Å². The van der Waals surface area contributed by atoms with E-state index in [4.69, 9.17) is 18.3 Å².